The maximum Gasteiger partial charge on any atom is 0.297 e. The van der Waals surface area contributed by atoms with E-state index in [1.54, 1.807) is 0 Å². The molecule has 0 saturated heterocycles. The highest BCUT2D eigenvalue weighted by Gasteiger charge is 2.51. The van der Waals surface area contributed by atoms with Crippen molar-refractivity contribution in [1.82, 2.24) is 0 Å². The summed E-state index contributed by atoms with van der Waals surface area (Å²) in [6.07, 6.45) is 0. The molecule has 0 saturated carbocycles. The number of hydrogen-bond acceptors (Lipinski definition) is 8. The third kappa shape index (κ3) is 7.97. The van der Waals surface area contributed by atoms with Crippen molar-refractivity contribution in [1.29, 1.82) is 0 Å². The third-order valence-electron chi connectivity index (χ3n) is 18.9. The molecule has 2 aromatic heterocycles. The van der Waals surface area contributed by atoms with Crippen LogP contribution in [0.25, 0.3) is 21.1 Å². The first-order valence-corrected chi connectivity index (χ1v) is 32.3. The highest BCUT2D eigenvalue weighted by molar-refractivity contribution is 7.33. The molecule has 10 heteroatoms. The van der Waals surface area contributed by atoms with Gasteiger partial charge in [-0.25, -0.2) is 0 Å². The molecule has 430 valence electrons. The summed E-state index contributed by atoms with van der Waals surface area (Å²) in [5.41, 5.74) is 26.0. The zero-order valence-electron chi connectivity index (χ0n) is 49.8. The van der Waals surface area contributed by atoms with Gasteiger partial charge in [0, 0.05) is 99.9 Å². The molecule has 0 unspecified atom stereocenters. The van der Waals surface area contributed by atoms with Gasteiger partial charge in [-0.05, 0) is 167 Å². The van der Waals surface area contributed by atoms with E-state index in [4.69, 9.17) is 4.42 Å². The van der Waals surface area contributed by atoms with E-state index in [1.165, 1.54) is 42.4 Å². The smallest absolute Gasteiger partial charge is 0.297 e. The molecule has 7 nitrogen and oxygen atoms in total. The van der Waals surface area contributed by atoms with Gasteiger partial charge >= 0.3 is 0 Å². The van der Waals surface area contributed by atoms with Crippen LogP contribution < -0.4 is 61.7 Å². The number of benzene rings is 13. The zero-order chi connectivity index (χ0) is 60.4. The molecule has 0 aliphatic carbocycles. The van der Waals surface area contributed by atoms with Crippen LogP contribution >= 0.6 is 11.3 Å². The van der Waals surface area contributed by atoms with Crippen molar-refractivity contribution >= 4 is 180 Å². The Morgan fingerprint density at radius 2 is 0.630 bits per heavy atom. The molecule has 4 aliphatic heterocycles. The number of hydrogen-bond donors (Lipinski definition) is 0. The average molecular weight is 1190 g/mol. The van der Waals surface area contributed by atoms with E-state index < -0.39 is 0 Å². The summed E-state index contributed by atoms with van der Waals surface area (Å²) < 4.78 is 10.1. The van der Waals surface area contributed by atoms with Gasteiger partial charge in [-0.15, -0.1) is 11.3 Å². The van der Waals surface area contributed by atoms with Crippen molar-refractivity contribution in [2.24, 2.45) is 0 Å². The van der Waals surface area contributed by atoms with Crippen molar-refractivity contribution < 1.29 is 4.42 Å². The first kappa shape index (κ1) is 52.2. The summed E-state index contributed by atoms with van der Waals surface area (Å²) >= 11 is 1.92. The van der Waals surface area contributed by atoms with Gasteiger partial charge in [-0.2, -0.15) is 0 Å². The van der Waals surface area contributed by atoms with Gasteiger partial charge in [-0.1, -0.05) is 182 Å². The number of thiophene rings is 1. The van der Waals surface area contributed by atoms with Gasteiger partial charge in [0.15, 0.2) is 0 Å². The number of para-hydroxylation sites is 9. The first-order chi connectivity index (χ1) is 45.7. The van der Waals surface area contributed by atoms with Crippen LogP contribution in [-0.4, -0.2) is 13.4 Å². The van der Waals surface area contributed by atoms with Crippen LogP contribution in [0.15, 0.2) is 332 Å². The second-order valence-corrected chi connectivity index (χ2v) is 25.0. The molecule has 0 bridgehead atoms. The van der Waals surface area contributed by atoms with Crippen molar-refractivity contribution in [2.75, 3.05) is 29.4 Å². The van der Waals surface area contributed by atoms with E-state index in [-0.39, 0.29) is 13.4 Å². The van der Waals surface area contributed by atoms with Gasteiger partial charge in [0.25, 0.3) is 13.4 Å². The summed E-state index contributed by atoms with van der Waals surface area (Å²) in [7, 11) is 0. The molecule has 92 heavy (non-hydrogen) atoms. The Bertz CT molecular complexity index is 4920. The van der Waals surface area contributed by atoms with Gasteiger partial charge in [-0.3, -0.25) is 0 Å². The minimum absolute atomic E-state index is 0.193. The molecular formula is C82H54B2N6OS. The van der Waals surface area contributed by atoms with Crippen LogP contribution in [0.1, 0.15) is 0 Å². The highest BCUT2D eigenvalue weighted by atomic mass is 32.1. The van der Waals surface area contributed by atoms with E-state index in [2.05, 4.69) is 357 Å². The molecule has 13 aromatic carbocycles. The SMILES string of the molecule is c1ccc(N(c2ccccc2)c2cc3c4c(c2)N(c2ccccc2)c2c(oc5ccccc25)B4c2cc4c(cc2N3c2ccccc2)N(c2ccccc2)c2cc(N(c3ccccc3)c3ccccc3)cc3c2B4c2sc4ccccc4c2N3c2ccccc2)cc1. The molecule has 4 aliphatic rings. The molecule has 0 spiro atoms. The fourth-order valence-corrected chi connectivity index (χ4v) is 16.5. The molecule has 6 heterocycles. The lowest BCUT2D eigenvalue weighted by Gasteiger charge is -2.46. The maximum atomic E-state index is 7.56. The minimum Gasteiger partial charge on any atom is -0.468 e. The standard InChI is InChI=1S/C82H54B2N6OS/c1-9-29-55(30-10-1)85(56-31-11-2-12-32-56)63-49-71-77-73(51-63)89(61-41-21-7-22-42-61)79-65-45-25-27-47-75(65)91-81(79)83(77)67-53-68-70(54-69(67)87(71)59-37-17-5-18-38-59)88(60-39-19-6-20-40-60)72-50-64(86(57-33-13-3-14-34-57)58-35-15-4-16-36-58)52-74-78(72)84(68)82-80(66-46-26-28-48-76(66)92-82)90(74)62-43-23-8-24-44-62/h1-54H. The van der Waals surface area contributed by atoms with Crippen LogP contribution in [0, 0.1) is 0 Å². The lowest BCUT2D eigenvalue weighted by atomic mass is 9.32. The number of furan rings is 1. The van der Waals surface area contributed by atoms with Crippen LogP contribution in [0.5, 0.6) is 0 Å². The molecule has 0 N–H and O–H groups in total. The van der Waals surface area contributed by atoms with Crippen LogP contribution in [0.2, 0.25) is 0 Å². The molecule has 0 amide bonds. The molecule has 19 rings (SSSR count). The summed E-state index contributed by atoms with van der Waals surface area (Å²) in [4.78, 5) is 15.0. The summed E-state index contributed by atoms with van der Waals surface area (Å²) in [6.45, 7) is -0.537. The van der Waals surface area contributed by atoms with Crippen molar-refractivity contribution in [3.63, 3.8) is 0 Å². The number of rotatable bonds is 10. The Balaban J connectivity index is 0.960. The van der Waals surface area contributed by atoms with Crippen molar-refractivity contribution in [3.05, 3.63) is 328 Å². The molecular weight excluding hydrogens is 1140 g/mol. The van der Waals surface area contributed by atoms with Crippen molar-refractivity contribution in [2.45, 2.75) is 0 Å². The number of nitrogens with zero attached hydrogens (tertiary/aromatic N) is 6. The van der Waals surface area contributed by atoms with E-state index >= 15 is 0 Å². The van der Waals surface area contributed by atoms with E-state index in [1.807, 2.05) is 11.3 Å². The topological polar surface area (TPSA) is 32.6 Å². The Kier molecular flexibility index (Phi) is 11.9. The summed E-state index contributed by atoms with van der Waals surface area (Å²) in [5.74, 6) is 0. The fraction of sp³-hybridized carbons (Fsp3) is 0. The summed E-state index contributed by atoms with van der Waals surface area (Å²) in [5, 5.41) is 2.29. The van der Waals surface area contributed by atoms with Crippen LogP contribution in [0.3, 0.4) is 0 Å². The molecule has 0 atom stereocenters. The average Bonchev–Trinajstić information content (AvgIpc) is 1.16. The Morgan fingerprint density at radius 1 is 0.283 bits per heavy atom. The van der Waals surface area contributed by atoms with Crippen molar-refractivity contribution in [3.8, 4) is 0 Å². The predicted molar refractivity (Wildman–Crippen MR) is 389 cm³/mol. The molecule has 0 radical (unpaired) electrons. The van der Waals surface area contributed by atoms with Gasteiger partial charge in [0.1, 0.15) is 5.58 Å². The van der Waals surface area contributed by atoms with Gasteiger partial charge < -0.3 is 33.8 Å². The third-order valence-corrected chi connectivity index (χ3v) is 20.1. The fourth-order valence-electron chi connectivity index (χ4n) is 15.2. The Hall–Kier alpha value is -11.7. The normalized spacial score (nSPS) is 13.1. The van der Waals surface area contributed by atoms with Crippen LogP contribution in [-0.2, 0) is 0 Å². The highest BCUT2D eigenvalue weighted by Crippen LogP contribution is 2.54. The minimum atomic E-state index is -0.344. The van der Waals surface area contributed by atoms with E-state index in [0.717, 1.165) is 113 Å². The van der Waals surface area contributed by atoms with E-state index in [0.29, 0.717) is 0 Å². The zero-order valence-corrected chi connectivity index (χ0v) is 50.6. The predicted octanol–water partition coefficient (Wildman–Crippen LogP) is 18.8. The first-order valence-electron chi connectivity index (χ1n) is 31.5. The lowest BCUT2D eigenvalue weighted by molar-refractivity contribution is 0.651. The monoisotopic (exact) mass is 1190 g/mol. The Labute approximate surface area is 538 Å². The second-order valence-electron chi connectivity index (χ2n) is 24.0. The molecule has 15 aromatic rings. The number of anilines is 18. The largest absolute Gasteiger partial charge is 0.468 e. The van der Waals surface area contributed by atoms with Gasteiger partial charge in [0.05, 0.1) is 28.4 Å². The van der Waals surface area contributed by atoms with E-state index in [9.17, 15) is 0 Å². The lowest BCUT2D eigenvalue weighted by Crippen LogP contribution is -2.64. The Morgan fingerprint density at radius 3 is 1.09 bits per heavy atom. The number of fused-ring (bicyclic) bond motifs is 12. The second kappa shape index (κ2) is 21.0. The van der Waals surface area contributed by atoms with Crippen LogP contribution in [0.4, 0.5) is 102 Å². The maximum absolute atomic E-state index is 7.56. The molecule has 0 fully saturated rings. The quantitative estimate of drug-likeness (QED) is 0.126. The summed E-state index contributed by atoms with van der Waals surface area (Å²) in [6, 6.07) is 120. The van der Waals surface area contributed by atoms with Gasteiger partial charge in [0.2, 0.25) is 0 Å².